The first-order chi connectivity index (χ1) is 17.3. The lowest BCUT2D eigenvalue weighted by atomic mass is 10.1. The van der Waals surface area contributed by atoms with Gasteiger partial charge in [0.15, 0.2) is 5.96 Å². The maximum atomic E-state index is 12.9. The Morgan fingerprint density at radius 2 is 1.22 bits per heavy atom. The predicted octanol–water partition coefficient (Wildman–Crippen LogP) is -5.21. The van der Waals surface area contributed by atoms with Gasteiger partial charge in [-0.15, -0.1) is 0 Å². The normalized spacial score (nSPS) is 13.8. The standard InChI is InChI=1S/C20H38N10O7/c21-6-2-1-4-10(22)16(33)29-12(8-14(23)31)18(35)28-11(5-3-7-27-20(25)26)17(34)30-13(19(36)37)9-15(24)32/h10-13H,1-9,21-22H2,(H2,23,31)(H2,24,32)(H,28,35)(H,29,33)(H,30,34)(H,36,37)(H4,25,26,27). The van der Waals surface area contributed by atoms with Gasteiger partial charge in [0.05, 0.1) is 18.9 Å². The number of aliphatic imine (C=N–C) groups is 1. The molecule has 0 aromatic rings. The lowest BCUT2D eigenvalue weighted by molar-refractivity contribution is -0.144. The Kier molecular flexibility index (Phi) is 15.6. The van der Waals surface area contributed by atoms with Crippen molar-refractivity contribution in [1.29, 1.82) is 0 Å². The van der Waals surface area contributed by atoms with Crippen LogP contribution in [-0.4, -0.2) is 83.8 Å². The molecular formula is C20H38N10O7. The van der Waals surface area contributed by atoms with E-state index in [1.165, 1.54) is 0 Å². The fourth-order valence-electron chi connectivity index (χ4n) is 3.05. The third-order valence-corrected chi connectivity index (χ3v) is 4.94. The van der Waals surface area contributed by atoms with E-state index in [1.54, 1.807) is 0 Å². The van der Waals surface area contributed by atoms with Crippen molar-refractivity contribution in [3.63, 3.8) is 0 Å². The van der Waals surface area contributed by atoms with E-state index in [2.05, 4.69) is 20.9 Å². The predicted molar refractivity (Wildman–Crippen MR) is 132 cm³/mol. The smallest absolute Gasteiger partial charge is 0.326 e. The number of hydrogen-bond donors (Lipinski definition) is 10. The molecule has 0 radical (unpaired) electrons. The Bertz CT molecular complexity index is 847. The van der Waals surface area contributed by atoms with Crippen LogP contribution in [0.1, 0.15) is 44.9 Å². The van der Waals surface area contributed by atoms with Crippen molar-refractivity contribution in [2.24, 2.45) is 39.4 Å². The maximum Gasteiger partial charge on any atom is 0.326 e. The molecule has 0 saturated carbocycles. The molecule has 0 saturated heterocycles. The van der Waals surface area contributed by atoms with Crippen molar-refractivity contribution in [1.82, 2.24) is 16.0 Å². The summed E-state index contributed by atoms with van der Waals surface area (Å²) < 4.78 is 0. The summed E-state index contributed by atoms with van der Waals surface area (Å²) >= 11 is 0. The molecule has 17 heteroatoms. The van der Waals surface area contributed by atoms with Crippen molar-refractivity contribution in [2.45, 2.75) is 69.1 Å². The molecule has 17 nitrogen and oxygen atoms in total. The van der Waals surface area contributed by atoms with Crippen LogP contribution in [0.4, 0.5) is 0 Å². The van der Waals surface area contributed by atoms with E-state index in [9.17, 15) is 33.9 Å². The number of carbonyl (C=O) groups excluding carboxylic acids is 5. The molecule has 16 N–H and O–H groups in total. The summed E-state index contributed by atoms with van der Waals surface area (Å²) in [4.78, 5) is 75.9. The van der Waals surface area contributed by atoms with Gasteiger partial charge in [0.25, 0.3) is 0 Å². The molecule has 4 atom stereocenters. The summed E-state index contributed by atoms with van der Waals surface area (Å²) in [5, 5.41) is 16.1. The van der Waals surface area contributed by atoms with Crippen LogP contribution in [0.15, 0.2) is 4.99 Å². The first kappa shape index (κ1) is 33.0. The highest BCUT2D eigenvalue weighted by molar-refractivity contribution is 5.96. The van der Waals surface area contributed by atoms with E-state index >= 15 is 0 Å². The van der Waals surface area contributed by atoms with Crippen molar-refractivity contribution in [3.8, 4) is 0 Å². The summed E-state index contributed by atoms with van der Waals surface area (Å²) in [5.41, 5.74) is 32.0. The SMILES string of the molecule is NCCCCC(N)C(=O)NC(CC(N)=O)C(=O)NC(CCCN=C(N)N)C(=O)NC(CC(N)=O)C(=O)O. The number of aliphatic carboxylic acids is 1. The molecule has 0 aliphatic carbocycles. The third kappa shape index (κ3) is 14.9. The number of amides is 5. The second kappa shape index (κ2) is 17.4. The fraction of sp³-hybridized carbons (Fsp3) is 0.650. The number of carboxylic acid groups (broad SMARTS) is 1. The Balaban J connectivity index is 5.61. The number of carbonyl (C=O) groups is 6. The van der Waals surface area contributed by atoms with Crippen LogP contribution >= 0.6 is 0 Å². The molecule has 0 aliphatic heterocycles. The minimum Gasteiger partial charge on any atom is -0.480 e. The monoisotopic (exact) mass is 530 g/mol. The largest absolute Gasteiger partial charge is 0.480 e. The lowest BCUT2D eigenvalue weighted by Crippen LogP contribution is -2.58. The minimum absolute atomic E-state index is 0.0741. The van der Waals surface area contributed by atoms with Crippen LogP contribution in [0.25, 0.3) is 0 Å². The summed E-state index contributed by atoms with van der Waals surface area (Å²) in [6.07, 6.45) is 0.269. The van der Waals surface area contributed by atoms with Gasteiger partial charge in [0, 0.05) is 6.54 Å². The van der Waals surface area contributed by atoms with Gasteiger partial charge in [-0.05, 0) is 32.2 Å². The number of hydrogen-bond acceptors (Lipinski definition) is 9. The van der Waals surface area contributed by atoms with E-state index in [4.69, 9.17) is 34.4 Å². The highest BCUT2D eigenvalue weighted by atomic mass is 16.4. The van der Waals surface area contributed by atoms with E-state index in [-0.39, 0.29) is 31.8 Å². The van der Waals surface area contributed by atoms with Gasteiger partial charge < -0.3 is 55.5 Å². The highest BCUT2D eigenvalue weighted by Gasteiger charge is 2.31. The molecule has 210 valence electrons. The minimum atomic E-state index is -1.66. The molecule has 0 heterocycles. The topological polar surface area (TPSA) is 327 Å². The van der Waals surface area contributed by atoms with Crippen LogP contribution in [0.2, 0.25) is 0 Å². The van der Waals surface area contributed by atoms with Crippen molar-refractivity contribution >= 4 is 41.5 Å². The van der Waals surface area contributed by atoms with Gasteiger partial charge >= 0.3 is 5.97 Å². The Labute approximate surface area is 213 Å². The molecule has 0 rings (SSSR count). The third-order valence-electron chi connectivity index (χ3n) is 4.94. The van der Waals surface area contributed by atoms with Gasteiger partial charge in [-0.25, -0.2) is 4.79 Å². The van der Waals surface area contributed by atoms with Gasteiger partial charge in [-0.1, -0.05) is 6.42 Å². The van der Waals surface area contributed by atoms with Crippen LogP contribution < -0.4 is 50.4 Å². The quantitative estimate of drug-likeness (QED) is 0.0427. The molecule has 0 spiro atoms. The highest BCUT2D eigenvalue weighted by Crippen LogP contribution is 2.05. The molecule has 37 heavy (non-hydrogen) atoms. The average molecular weight is 531 g/mol. The average Bonchev–Trinajstić information content (AvgIpc) is 2.79. The zero-order valence-corrected chi connectivity index (χ0v) is 20.5. The van der Waals surface area contributed by atoms with Crippen LogP contribution in [0.3, 0.4) is 0 Å². The van der Waals surface area contributed by atoms with E-state index in [0.717, 1.165) is 0 Å². The summed E-state index contributed by atoms with van der Waals surface area (Å²) in [5.74, 6) is -6.27. The first-order valence-corrected chi connectivity index (χ1v) is 11.5. The zero-order chi connectivity index (χ0) is 28.5. The molecule has 5 amide bonds. The number of nitrogens with two attached hydrogens (primary N) is 6. The summed E-state index contributed by atoms with van der Waals surface area (Å²) in [7, 11) is 0. The molecule has 0 bridgehead atoms. The van der Waals surface area contributed by atoms with E-state index < -0.39 is 72.5 Å². The van der Waals surface area contributed by atoms with Crippen molar-refractivity contribution in [2.75, 3.05) is 13.1 Å². The van der Waals surface area contributed by atoms with Crippen molar-refractivity contribution in [3.05, 3.63) is 0 Å². The first-order valence-electron chi connectivity index (χ1n) is 11.5. The molecular weight excluding hydrogens is 492 g/mol. The van der Waals surface area contributed by atoms with Gasteiger partial charge in [0.1, 0.15) is 18.1 Å². The van der Waals surface area contributed by atoms with E-state index in [0.29, 0.717) is 19.4 Å². The van der Waals surface area contributed by atoms with Gasteiger partial charge in [-0.2, -0.15) is 0 Å². The molecule has 0 aromatic heterocycles. The molecule has 4 unspecified atom stereocenters. The summed E-state index contributed by atoms with van der Waals surface area (Å²) in [6.45, 7) is 0.487. The van der Waals surface area contributed by atoms with Gasteiger partial charge in [-0.3, -0.25) is 29.0 Å². The lowest BCUT2D eigenvalue weighted by Gasteiger charge is -2.24. The Morgan fingerprint density at radius 1 is 0.703 bits per heavy atom. The molecule has 0 aromatic carbocycles. The number of nitrogens with zero attached hydrogens (tertiary/aromatic N) is 1. The maximum absolute atomic E-state index is 12.9. The van der Waals surface area contributed by atoms with Crippen LogP contribution in [0, 0.1) is 0 Å². The molecule has 0 fully saturated rings. The number of rotatable bonds is 19. The second-order valence-electron chi connectivity index (χ2n) is 8.20. The Hall–Kier alpha value is -3.99. The molecule has 0 aliphatic rings. The van der Waals surface area contributed by atoms with Crippen LogP contribution in [0.5, 0.6) is 0 Å². The number of carboxylic acids is 1. The Morgan fingerprint density at radius 3 is 1.73 bits per heavy atom. The fourth-order valence-corrected chi connectivity index (χ4v) is 3.05. The van der Waals surface area contributed by atoms with E-state index in [1.807, 2.05) is 0 Å². The second-order valence-corrected chi connectivity index (χ2v) is 8.20. The van der Waals surface area contributed by atoms with Crippen molar-refractivity contribution < 1.29 is 33.9 Å². The summed E-state index contributed by atoms with van der Waals surface area (Å²) in [6, 6.07) is -5.48. The number of primary amides is 2. The van der Waals surface area contributed by atoms with Crippen LogP contribution in [-0.2, 0) is 28.8 Å². The number of guanidine groups is 1. The number of unbranched alkanes of at least 4 members (excludes halogenated alkanes) is 1. The van der Waals surface area contributed by atoms with Gasteiger partial charge in [0.2, 0.25) is 29.5 Å². The zero-order valence-electron chi connectivity index (χ0n) is 20.5. The number of nitrogens with one attached hydrogen (secondary N) is 3.